The third-order valence-electron chi connectivity index (χ3n) is 4.46. The lowest BCUT2D eigenvalue weighted by molar-refractivity contribution is 0.526. The van der Waals surface area contributed by atoms with E-state index in [0.717, 1.165) is 40.3 Å². The summed E-state index contributed by atoms with van der Waals surface area (Å²) < 4.78 is 15.3. The van der Waals surface area contributed by atoms with Crippen molar-refractivity contribution in [3.8, 4) is 11.1 Å². The maximum Gasteiger partial charge on any atom is 0.159 e. The maximum absolute atomic E-state index is 13.3. The van der Waals surface area contributed by atoms with E-state index in [-0.39, 0.29) is 11.9 Å². The molecule has 4 rings (SSSR count). The van der Waals surface area contributed by atoms with E-state index >= 15 is 0 Å². The van der Waals surface area contributed by atoms with Gasteiger partial charge in [0.25, 0.3) is 0 Å². The van der Waals surface area contributed by atoms with Crippen LogP contribution in [0.1, 0.15) is 30.6 Å². The van der Waals surface area contributed by atoms with E-state index in [1.807, 2.05) is 48.9 Å². The molecule has 0 saturated heterocycles. The summed E-state index contributed by atoms with van der Waals surface area (Å²) in [5, 5.41) is 4.76. The highest BCUT2D eigenvalue weighted by Crippen LogP contribution is 2.40. The zero-order chi connectivity index (χ0) is 16.7. The molecule has 3 nitrogen and oxygen atoms in total. The van der Waals surface area contributed by atoms with Crippen LogP contribution in [0.2, 0.25) is 0 Å². The summed E-state index contributed by atoms with van der Waals surface area (Å²) in [6.07, 6.45) is 0.786. The van der Waals surface area contributed by atoms with Gasteiger partial charge in [0, 0.05) is 17.7 Å². The first kappa shape index (κ1) is 14.8. The maximum atomic E-state index is 13.3. The number of aryl methyl sites for hydroxylation is 1. The predicted octanol–water partition coefficient (Wildman–Crippen LogP) is 5.08. The number of rotatable bonds is 2. The van der Waals surface area contributed by atoms with E-state index < -0.39 is 0 Å². The second-order valence-electron chi connectivity index (χ2n) is 6.21. The van der Waals surface area contributed by atoms with Crippen molar-refractivity contribution < 1.29 is 4.39 Å². The van der Waals surface area contributed by atoms with Crippen molar-refractivity contribution in [1.82, 2.24) is 9.78 Å². The number of halogens is 1. The monoisotopic (exact) mass is 319 g/mol. The van der Waals surface area contributed by atoms with Gasteiger partial charge in [0.1, 0.15) is 5.82 Å². The standard InChI is InChI=1S/C20H18FN3/c1-13-12-18(15-8-10-17(21)11-9-15)24-20(22-13)19(14(2)23-24)16-6-4-3-5-7-16/h3-11,18H,12H2,1-2H3/t18-/m1/s1. The molecule has 1 aliphatic rings. The molecule has 24 heavy (non-hydrogen) atoms. The molecule has 1 aromatic heterocycles. The van der Waals surface area contributed by atoms with Gasteiger partial charge in [-0.2, -0.15) is 5.10 Å². The molecule has 1 atom stereocenters. The Morgan fingerprint density at radius 1 is 1.00 bits per heavy atom. The summed E-state index contributed by atoms with van der Waals surface area (Å²) in [5.74, 6) is 0.665. The van der Waals surface area contributed by atoms with Crippen molar-refractivity contribution in [2.75, 3.05) is 0 Å². The first-order valence-corrected chi connectivity index (χ1v) is 8.07. The van der Waals surface area contributed by atoms with Gasteiger partial charge in [0.05, 0.1) is 11.7 Å². The third-order valence-corrected chi connectivity index (χ3v) is 4.46. The Labute approximate surface area is 140 Å². The summed E-state index contributed by atoms with van der Waals surface area (Å²) in [6, 6.07) is 16.9. The average molecular weight is 319 g/mol. The van der Waals surface area contributed by atoms with Gasteiger partial charge >= 0.3 is 0 Å². The largest absolute Gasteiger partial charge is 0.239 e. The van der Waals surface area contributed by atoms with Gasteiger partial charge in [-0.05, 0) is 37.1 Å². The van der Waals surface area contributed by atoms with Crippen LogP contribution < -0.4 is 0 Å². The van der Waals surface area contributed by atoms with Crippen molar-refractivity contribution in [3.05, 3.63) is 71.7 Å². The molecule has 2 heterocycles. The molecule has 3 aromatic rings. The predicted molar refractivity (Wildman–Crippen MR) is 94.3 cm³/mol. The Hall–Kier alpha value is -2.75. The molecule has 4 heteroatoms. The number of benzene rings is 2. The normalized spacial score (nSPS) is 16.6. The van der Waals surface area contributed by atoms with Gasteiger partial charge in [-0.3, -0.25) is 0 Å². The topological polar surface area (TPSA) is 30.2 Å². The molecular weight excluding hydrogens is 301 g/mol. The average Bonchev–Trinajstić information content (AvgIpc) is 2.91. The molecule has 120 valence electrons. The van der Waals surface area contributed by atoms with Gasteiger partial charge < -0.3 is 0 Å². The minimum atomic E-state index is -0.221. The Morgan fingerprint density at radius 3 is 2.42 bits per heavy atom. The van der Waals surface area contributed by atoms with Crippen LogP contribution in [0.4, 0.5) is 10.2 Å². The van der Waals surface area contributed by atoms with Crippen molar-refractivity contribution in [2.24, 2.45) is 4.99 Å². The number of hydrogen-bond donors (Lipinski definition) is 0. The Balaban J connectivity index is 1.88. The van der Waals surface area contributed by atoms with Gasteiger partial charge in [-0.1, -0.05) is 42.5 Å². The fourth-order valence-electron chi connectivity index (χ4n) is 3.34. The molecule has 0 bridgehead atoms. The number of nitrogens with zero attached hydrogens (tertiary/aromatic N) is 3. The zero-order valence-electron chi connectivity index (χ0n) is 13.7. The molecular formula is C20H18FN3. The first-order chi connectivity index (χ1) is 11.6. The van der Waals surface area contributed by atoms with E-state index in [9.17, 15) is 4.39 Å². The molecule has 0 spiro atoms. The first-order valence-electron chi connectivity index (χ1n) is 8.07. The lowest BCUT2D eigenvalue weighted by Crippen LogP contribution is -2.19. The smallest absolute Gasteiger partial charge is 0.159 e. The lowest BCUT2D eigenvalue weighted by Gasteiger charge is -2.24. The van der Waals surface area contributed by atoms with Gasteiger partial charge in [0.2, 0.25) is 0 Å². The number of hydrogen-bond acceptors (Lipinski definition) is 2. The van der Waals surface area contributed by atoms with Crippen LogP contribution in [0.3, 0.4) is 0 Å². The van der Waals surface area contributed by atoms with E-state index in [2.05, 4.69) is 12.1 Å². The molecule has 0 amide bonds. The van der Waals surface area contributed by atoms with Crippen LogP contribution >= 0.6 is 0 Å². The summed E-state index contributed by atoms with van der Waals surface area (Å²) in [4.78, 5) is 4.78. The molecule has 0 saturated carbocycles. The van der Waals surface area contributed by atoms with Crippen molar-refractivity contribution in [1.29, 1.82) is 0 Å². The van der Waals surface area contributed by atoms with Crippen molar-refractivity contribution in [2.45, 2.75) is 26.3 Å². The van der Waals surface area contributed by atoms with Crippen LogP contribution in [0.15, 0.2) is 59.6 Å². The summed E-state index contributed by atoms with van der Waals surface area (Å²) in [5.41, 5.74) is 5.26. The highest BCUT2D eigenvalue weighted by Gasteiger charge is 2.27. The minimum absolute atomic E-state index is 0.0502. The number of aromatic nitrogens is 2. The van der Waals surface area contributed by atoms with Crippen LogP contribution in [-0.2, 0) is 0 Å². The summed E-state index contributed by atoms with van der Waals surface area (Å²) in [6.45, 7) is 4.05. The Bertz CT molecular complexity index is 908. The highest BCUT2D eigenvalue weighted by atomic mass is 19.1. The minimum Gasteiger partial charge on any atom is -0.239 e. The molecule has 2 aromatic carbocycles. The molecule has 1 aliphatic heterocycles. The van der Waals surface area contributed by atoms with Crippen LogP contribution in [-0.4, -0.2) is 15.5 Å². The Kier molecular flexibility index (Phi) is 3.53. The summed E-state index contributed by atoms with van der Waals surface area (Å²) >= 11 is 0. The third kappa shape index (κ3) is 2.44. The summed E-state index contributed by atoms with van der Waals surface area (Å²) in [7, 11) is 0. The van der Waals surface area contributed by atoms with Crippen LogP contribution in [0, 0.1) is 12.7 Å². The van der Waals surface area contributed by atoms with Crippen molar-refractivity contribution >= 4 is 11.5 Å². The van der Waals surface area contributed by atoms with Crippen LogP contribution in [0.25, 0.3) is 11.1 Å². The van der Waals surface area contributed by atoms with E-state index in [4.69, 9.17) is 10.1 Å². The SMILES string of the molecule is CC1=Nc2c(-c3ccccc3)c(C)nn2[C@@H](c2ccc(F)cc2)C1. The molecule has 0 aliphatic carbocycles. The molecule has 0 unspecified atom stereocenters. The lowest BCUT2D eigenvalue weighted by atomic mass is 9.99. The van der Waals surface area contributed by atoms with E-state index in [1.165, 1.54) is 12.1 Å². The quantitative estimate of drug-likeness (QED) is 0.647. The fraction of sp³-hybridized carbons (Fsp3) is 0.200. The van der Waals surface area contributed by atoms with E-state index in [1.54, 1.807) is 0 Å². The Morgan fingerprint density at radius 2 is 1.71 bits per heavy atom. The number of fused-ring (bicyclic) bond motifs is 1. The van der Waals surface area contributed by atoms with Crippen molar-refractivity contribution in [3.63, 3.8) is 0 Å². The van der Waals surface area contributed by atoms with E-state index in [0.29, 0.717) is 0 Å². The molecule has 0 fully saturated rings. The fourth-order valence-corrected chi connectivity index (χ4v) is 3.34. The molecule has 0 radical (unpaired) electrons. The van der Waals surface area contributed by atoms with Gasteiger partial charge in [0.15, 0.2) is 5.82 Å². The van der Waals surface area contributed by atoms with Gasteiger partial charge in [-0.15, -0.1) is 0 Å². The zero-order valence-corrected chi connectivity index (χ0v) is 13.7. The highest BCUT2D eigenvalue weighted by molar-refractivity contribution is 5.90. The second kappa shape index (κ2) is 5.71. The van der Waals surface area contributed by atoms with Crippen LogP contribution in [0.5, 0.6) is 0 Å². The number of aliphatic imine (C=N–C) groups is 1. The molecule has 0 N–H and O–H groups in total. The van der Waals surface area contributed by atoms with Gasteiger partial charge in [-0.25, -0.2) is 14.1 Å². The second-order valence-corrected chi connectivity index (χ2v) is 6.21.